The molecule has 0 aromatic carbocycles. The van der Waals surface area contributed by atoms with Crippen LogP contribution in [0.25, 0.3) is 0 Å². The Labute approximate surface area is 135 Å². The molecule has 0 saturated heterocycles. The molecule has 1 aliphatic rings. The number of nitrogens with zero attached hydrogens (tertiary/aromatic N) is 4. The van der Waals surface area contributed by atoms with Gasteiger partial charge in [0.1, 0.15) is 0 Å². The highest BCUT2D eigenvalue weighted by Gasteiger charge is 2.35. The van der Waals surface area contributed by atoms with Crippen molar-refractivity contribution < 1.29 is 9.05 Å². The van der Waals surface area contributed by atoms with E-state index < -0.39 is 5.54 Å². The maximum atomic E-state index is 6.31. The van der Waals surface area contributed by atoms with Crippen LogP contribution in [0, 0.1) is 0 Å². The second-order valence-corrected chi connectivity index (χ2v) is 6.08. The topological polar surface area (TPSA) is 104 Å². The van der Waals surface area contributed by atoms with Gasteiger partial charge in [-0.1, -0.05) is 37.0 Å². The standard InChI is InChI=1S/C14H21N5O2.ClH/c1-9(2)12-16-10(20-18-12)5-6-11-17-13(19-21-11)14(15)7-3-4-8-14;/h9H,3-8,15H2,1-2H3;1H. The van der Waals surface area contributed by atoms with E-state index in [0.717, 1.165) is 31.5 Å². The molecule has 3 rings (SSSR count). The van der Waals surface area contributed by atoms with Crippen molar-refractivity contribution in [2.75, 3.05) is 0 Å². The molecule has 2 aromatic heterocycles. The third-order valence-electron chi connectivity index (χ3n) is 3.96. The Morgan fingerprint density at radius 3 is 2.23 bits per heavy atom. The Morgan fingerprint density at radius 1 is 1.05 bits per heavy atom. The fourth-order valence-electron chi connectivity index (χ4n) is 2.61. The molecule has 0 atom stereocenters. The largest absolute Gasteiger partial charge is 0.339 e. The molecule has 0 radical (unpaired) electrons. The monoisotopic (exact) mass is 327 g/mol. The normalized spacial score (nSPS) is 16.9. The van der Waals surface area contributed by atoms with Crippen LogP contribution in [0.1, 0.15) is 68.9 Å². The first-order valence-electron chi connectivity index (χ1n) is 7.51. The lowest BCUT2D eigenvalue weighted by Crippen LogP contribution is -2.34. The fraction of sp³-hybridized carbons (Fsp3) is 0.714. The zero-order valence-corrected chi connectivity index (χ0v) is 13.7. The SMILES string of the molecule is CC(C)c1noc(CCc2nc(C3(N)CCCC3)no2)n1.Cl. The van der Waals surface area contributed by atoms with E-state index in [9.17, 15) is 0 Å². The van der Waals surface area contributed by atoms with Crippen molar-refractivity contribution in [1.82, 2.24) is 20.3 Å². The van der Waals surface area contributed by atoms with E-state index in [4.69, 9.17) is 14.8 Å². The average molecular weight is 328 g/mol. The van der Waals surface area contributed by atoms with Gasteiger partial charge in [-0.3, -0.25) is 0 Å². The minimum absolute atomic E-state index is 0. The summed E-state index contributed by atoms with van der Waals surface area (Å²) in [6, 6.07) is 0. The lowest BCUT2D eigenvalue weighted by Gasteiger charge is -2.17. The highest BCUT2D eigenvalue weighted by molar-refractivity contribution is 5.85. The number of hydrogen-bond acceptors (Lipinski definition) is 7. The number of rotatable bonds is 5. The van der Waals surface area contributed by atoms with E-state index in [1.165, 1.54) is 0 Å². The van der Waals surface area contributed by atoms with E-state index in [2.05, 4.69) is 20.3 Å². The first-order chi connectivity index (χ1) is 10.1. The summed E-state index contributed by atoms with van der Waals surface area (Å²) in [6.07, 6.45) is 5.28. The summed E-state index contributed by atoms with van der Waals surface area (Å²) in [5, 5.41) is 7.97. The van der Waals surface area contributed by atoms with Gasteiger partial charge in [-0.2, -0.15) is 9.97 Å². The van der Waals surface area contributed by atoms with E-state index in [1.807, 2.05) is 13.8 Å². The molecule has 0 unspecified atom stereocenters. The van der Waals surface area contributed by atoms with Crippen LogP contribution in [-0.4, -0.2) is 20.3 Å². The first kappa shape index (κ1) is 16.9. The quantitative estimate of drug-likeness (QED) is 0.899. The maximum Gasteiger partial charge on any atom is 0.227 e. The molecule has 0 spiro atoms. The van der Waals surface area contributed by atoms with Crippen molar-refractivity contribution in [3.8, 4) is 0 Å². The van der Waals surface area contributed by atoms with Gasteiger partial charge in [0.25, 0.3) is 0 Å². The second-order valence-electron chi connectivity index (χ2n) is 6.08. The molecular formula is C14H22ClN5O2. The minimum Gasteiger partial charge on any atom is -0.339 e. The minimum atomic E-state index is -0.406. The van der Waals surface area contributed by atoms with Crippen molar-refractivity contribution in [3.63, 3.8) is 0 Å². The van der Waals surface area contributed by atoms with Crippen LogP contribution in [0.5, 0.6) is 0 Å². The molecule has 1 fully saturated rings. The van der Waals surface area contributed by atoms with Crippen molar-refractivity contribution >= 4 is 12.4 Å². The number of hydrogen-bond donors (Lipinski definition) is 1. The van der Waals surface area contributed by atoms with Crippen LogP contribution in [0.2, 0.25) is 0 Å². The summed E-state index contributed by atoms with van der Waals surface area (Å²) in [5.74, 6) is 2.79. The van der Waals surface area contributed by atoms with Crippen molar-refractivity contribution in [1.29, 1.82) is 0 Å². The van der Waals surface area contributed by atoms with Crippen molar-refractivity contribution in [3.05, 3.63) is 23.4 Å². The Bertz CT molecular complexity index is 604. The van der Waals surface area contributed by atoms with Crippen LogP contribution in [0.15, 0.2) is 9.05 Å². The summed E-state index contributed by atoms with van der Waals surface area (Å²) < 4.78 is 10.5. The zero-order chi connectivity index (χ0) is 14.9. The van der Waals surface area contributed by atoms with Crippen LogP contribution in [0.4, 0.5) is 0 Å². The molecule has 2 aromatic rings. The molecule has 22 heavy (non-hydrogen) atoms. The van der Waals surface area contributed by atoms with E-state index in [0.29, 0.717) is 30.4 Å². The average Bonchev–Trinajstić information content (AvgIpc) is 3.17. The molecule has 8 heteroatoms. The second kappa shape index (κ2) is 6.75. The third-order valence-corrected chi connectivity index (χ3v) is 3.96. The first-order valence-corrected chi connectivity index (χ1v) is 7.51. The molecular weight excluding hydrogens is 306 g/mol. The highest BCUT2D eigenvalue weighted by atomic mass is 35.5. The smallest absolute Gasteiger partial charge is 0.227 e. The number of aryl methyl sites for hydroxylation is 2. The van der Waals surface area contributed by atoms with Gasteiger partial charge in [0.05, 0.1) is 5.54 Å². The molecule has 1 aliphatic carbocycles. The van der Waals surface area contributed by atoms with E-state index >= 15 is 0 Å². The van der Waals surface area contributed by atoms with Crippen LogP contribution < -0.4 is 5.73 Å². The van der Waals surface area contributed by atoms with E-state index in [1.54, 1.807) is 0 Å². The van der Waals surface area contributed by atoms with Gasteiger partial charge in [-0.25, -0.2) is 0 Å². The van der Waals surface area contributed by atoms with Gasteiger partial charge in [-0.05, 0) is 12.8 Å². The summed E-state index contributed by atoms with van der Waals surface area (Å²) in [6.45, 7) is 4.06. The Kier molecular flexibility index (Phi) is 5.18. The lowest BCUT2D eigenvalue weighted by atomic mass is 9.99. The van der Waals surface area contributed by atoms with Crippen LogP contribution in [0.3, 0.4) is 0 Å². The number of aromatic nitrogens is 4. The Balaban J connectivity index is 0.00000176. The van der Waals surface area contributed by atoms with Crippen LogP contribution in [-0.2, 0) is 18.4 Å². The molecule has 2 heterocycles. The number of nitrogens with two attached hydrogens (primary N) is 1. The fourth-order valence-corrected chi connectivity index (χ4v) is 2.61. The summed E-state index contributed by atoms with van der Waals surface area (Å²) in [4.78, 5) is 8.76. The Hall–Kier alpha value is -1.47. The van der Waals surface area contributed by atoms with Gasteiger partial charge in [0, 0.05) is 18.8 Å². The van der Waals surface area contributed by atoms with Crippen molar-refractivity contribution in [2.45, 2.75) is 63.8 Å². The van der Waals surface area contributed by atoms with Gasteiger partial charge in [0.2, 0.25) is 11.8 Å². The van der Waals surface area contributed by atoms with Crippen molar-refractivity contribution in [2.24, 2.45) is 5.73 Å². The van der Waals surface area contributed by atoms with Gasteiger partial charge < -0.3 is 14.8 Å². The molecule has 2 N–H and O–H groups in total. The molecule has 0 bridgehead atoms. The summed E-state index contributed by atoms with van der Waals surface area (Å²) in [5.41, 5.74) is 5.91. The third kappa shape index (κ3) is 3.47. The maximum absolute atomic E-state index is 6.31. The predicted octanol–water partition coefficient (Wildman–Crippen LogP) is 2.51. The van der Waals surface area contributed by atoms with Crippen LogP contribution >= 0.6 is 12.4 Å². The Morgan fingerprint density at radius 2 is 1.64 bits per heavy atom. The number of halogens is 1. The molecule has 7 nitrogen and oxygen atoms in total. The molecule has 0 amide bonds. The molecule has 0 aliphatic heterocycles. The predicted molar refractivity (Wildman–Crippen MR) is 81.7 cm³/mol. The van der Waals surface area contributed by atoms with Gasteiger partial charge in [0.15, 0.2) is 11.6 Å². The highest BCUT2D eigenvalue weighted by Crippen LogP contribution is 2.34. The van der Waals surface area contributed by atoms with E-state index in [-0.39, 0.29) is 18.3 Å². The van der Waals surface area contributed by atoms with Gasteiger partial charge in [-0.15, -0.1) is 12.4 Å². The van der Waals surface area contributed by atoms with Gasteiger partial charge >= 0.3 is 0 Å². The zero-order valence-electron chi connectivity index (χ0n) is 12.9. The molecule has 1 saturated carbocycles. The summed E-state index contributed by atoms with van der Waals surface area (Å²) in [7, 11) is 0. The lowest BCUT2D eigenvalue weighted by molar-refractivity contribution is 0.338. The molecule has 122 valence electrons. The summed E-state index contributed by atoms with van der Waals surface area (Å²) >= 11 is 0.